The van der Waals surface area contributed by atoms with E-state index in [2.05, 4.69) is 4.98 Å². The molecule has 0 fully saturated rings. The molecule has 3 heterocycles. The molecule has 4 aromatic rings. The summed E-state index contributed by atoms with van der Waals surface area (Å²) in [7, 11) is 1.59. The van der Waals surface area contributed by atoms with Crippen molar-refractivity contribution in [3.8, 4) is 11.1 Å². The maximum absolute atomic E-state index is 15.2. The Hall–Kier alpha value is -4.02. The molecule has 0 radical (unpaired) electrons. The van der Waals surface area contributed by atoms with Gasteiger partial charge in [0.1, 0.15) is 11.6 Å². The SMILES string of the molecule is CN(C(=O)c1cc2c3c(c(N)nc2cc1F)COC3)[C@H]1COCc2cc(-c3ccc(C(F)(F)F)cc3)ccc21. The zero-order valence-corrected chi connectivity index (χ0v) is 20.8. The fraction of sp³-hybridized carbons (Fsp3) is 0.241. The van der Waals surface area contributed by atoms with Gasteiger partial charge in [-0.2, -0.15) is 13.2 Å². The summed E-state index contributed by atoms with van der Waals surface area (Å²) >= 11 is 0. The molecule has 10 heteroatoms. The van der Waals surface area contributed by atoms with Gasteiger partial charge in [-0.15, -0.1) is 0 Å². The van der Waals surface area contributed by atoms with E-state index in [9.17, 15) is 18.0 Å². The van der Waals surface area contributed by atoms with Crippen LogP contribution in [0.3, 0.4) is 0 Å². The lowest BCUT2D eigenvalue weighted by Crippen LogP contribution is -2.36. The molecular weight excluding hydrogens is 514 g/mol. The zero-order chi connectivity index (χ0) is 27.5. The minimum atomic E-state index is -4.41. The summed E-state index contributed by atoms with van der Waals surface area (Å²) in [5.74, 6) is -0.941. The predicted octanol–water partition coefficient (Wildman–Crippen LogP) is 6.02. The number of fused-ring (bicyclic) bond motifs is 4. The summed E-state index contributed by atoms with van der Waals surface area (Å²) in [4.78, 5) is 19.3. The van der Waals surface area contributed by atoms with Crippen LogP contribution in [0.15, 0.2) is 54.6 Å². The number of hydrogen-bond donors (Lipinski definition) is 1. The second-order valence-electron chi connectivity index (χ2n) is 9.73. The van der Waals surface area contributed by atoms with Crippen molar-refractivity contribution in [3.63, 3.8) is 0 Å². The summed E-state index contributed by atoms with van der Waals surface area (Å²) < 4.78 is 65.3. The Balaban J connectivity index is 1.31. The van der Waals surface area contributed by atoms with Crippen LogP contribution in [-0.2, 0) is 35.5 Å². The summed E-state index contributed by atoms with van der Waals surface area (Å²) in [5.41, 5.74) is 10.1. The molecule has 0 spiro atoms. The molecule has 6 rings (SSSR count). The first-order valence-electron chi connectivity index (χ1n) is 12.3. The summed E-state index contributed by atoms with van der Waals surface area (Å²) in [6.07, 6.45) is -4.41. The number of aromatic nitrogens is 1. The van der Waals surface area contributed by atoms with Crippen molar-refractivity contribution in [2.45, 2.75) is 32.0 Å². The number of hydrogen-bond acceptors (Lipinski definition) is 5. The predicted molar refractivity (Wildman–Crippen MR) is 136 cm³/mol. The Labute approximate surface area is 221 Å². The van der Waals surface area contributed by atoms with Crippen molar-refractivity contribution in [2.24, 2.45) is 0 Å². The highest BCUT2D eigenvalue weighted by atomic mass is 19.4. The number of likely N-dealkylation sites (N-methyl/N-ethyl adjacent to an activating group) is 1. The number of carbonyl (C=O) groups excluding carboxylic acids is 1. The molecule has 0 saturated heterocycles. The first-order chi connectivity index (χ1) is 18.6. The number of ether oxygens (including phenoxy) is 2. The molecule has 2 aliphatic heterocycles. The number of nitrogens with two attached hydrogens (primary N) is 1. The Morgan fingerprint density at radius 3 is 2.44 bits per heavy atom. The Bertz CT molecular complexity index is 1620. The zero-order valence-electron chi connectivity index (χ0n) is 20.8. The van der Waals surface area contributed by atoms with Gasteiger partial charge in [-0.3, -0.25) is 4.79 Å². The number of amides is 1. The fourth-order valence-electron chi connectivity index (χ4n) is 5.27. The lowest BCUT2D eigenvalue weighted by molar-refractivity contribution is -0.137. The lowest BCUT2D eigenvalue weighted by Gasteiger charge is -2.33. The highest BCUT2D eigenvalue weighted by Crippen LogP contribution is 2.36. The van der Waals surface area contributed by atoms with E-state index in [-0.39, 0.29) is 24.6 Å². The number of rotatable bonds is 3. The van der Waals surface area contributed by atoms with Gasteiger partial charge in [0.15, 0.2) is 0 Å². The van der Waals surface area contributed by atoms with Gasteiger partial charge in [-0.1, -0.05) is 24.3 Å². The van der Waals surface area contributed by atoms with E-state index in [1.54, 1.807) is 13.1 Å². The molecule has 1 amide bonds. The molecule has 2 aliphatic rings. The van der Waals surface area contributed by atoms with Crippen molar-refractivity contribution in [3.05, 3.63) is 93.8 Å². The maximum Gasteiger partial charge on any atom is 0.416 e. The fourth-order valence-corrected chi connectivity index (χ4v) is 5.27. The van der Waals surface area contributed by atoms with Gasteiger partial charge in [-0.05, 0) is 52.1 Å². The monoisotopic (exact) mass is 537 g/mol. The van der Waals surface area contributed by atoms with Crippen molar-refractivity contribution in [1.29, 1.82) is 0 Å². The van der Waals surface area contributed by atoms with Gasteiger partial charge < -0.3 is 20.1 Å². The minimum Gasteiger partial charge on any atom is -0.383 e. The quantitative estimate of drug-likeness (QED) is 0.324. The number of anilines is 1. The number of benzene rings is 3. The van der Waals surface area contributed by atoms with Crippen molar-refractivity contribution in [2.75, 3.05) is 19.4 Å². The van der Waals surface area contributed by atoms with Crippen LogP contribution in [0.1, 0.15) is 44.2 Å². The number of pyridine rings is 1. The van der Waals surface area contributed by atoms with Gasteiger partial charge in [0, 0.05) is 24.1 Å². The van der Waals surface area contributed by atoms with E-state index >= 15 is 4.39 Å². The first-order valence-corrected chi connectivity index (χ1v) is 12.3. The van der Waals surface area contributed by atoms with Gasteiger partial charge in [0.2, 0.25) is 0 Å². The molecule has 0 aliphatic carbocycles. The van der Waals surface area contributed by atoms with Crippen molar-refractivity contribution >= 4 is 22.6 Å². The first kappa shape index (κ1) is 25.3. The summed E-state index contributed by atoms with van der Waals surface area (Å²) in [6.45, 7) is 1.12. The third kappa shape index (κ3) is 4.39. The number of halogens is 4. The molecule has 3 aromatic carbocycles. The topological polar surface area (TPSA) is 77.7 Å². The molecule has 0 bridgehead atoms. The van der Waals surface area contributed by atoms with Crippen LogP contribution in [0.4, 0.5) is 23.4 Å². The number of alkyl halides is 3. The van der Waals surface area contributed by atoms with E-state index in [1.165, 1.54) is 29.2 Å². The molecular formula is C29H23F4N3O3. The molecule has 1 aromatic heterocycles. The van der Waals surface area contributed by atoms with Crippen LogP contribution < -0.4 is 5.73 Å². The molecule has 0 unspecified atom stereocenters. The van der Waals surface area contributed by atoms with Crippen LogP contribution in [0.25, 0.3) is 22.0 Å². The highest BCUT2D eigenvalue weighted by Gasteiger charge is 2.32. The van der Waals surface area contributed by atoms with E-state index in [1.807, 2.05) is 12.1 Å². The maximum atomic E-state index is 15.2. The standard InChI is InChI=1S/C29H23F4N3O3/c1-36(28(37)21-9-20-22-12-39-13-23(22)27(34)35-25(20)10-24(21)30)26-14-38-11-17-8-16(4-7-19(17)26)15-2-5-18(6-3-15)29(31,32)33/h2-10,26H,11-14H2,1H3,(H2,34,35)/t26-/m0/s1. The van der Waals surface area contributed by atoms with Crippen LogP contribution in [0.2, 0.25) is 0 Å². The molecule has 0 saturated carbocycles. The Morgan fingerprint density at radius 2 is 1.69 bits per heavy atom. The van der Waals surface area contributed by atoms with E-state index in [0.717, 1.165) is 39.9 Å². The summed E-state index contributed by atoms with van der Waals surface area (Å²) in [5, 5.41) is 0.622. The second kappa shape index (κ2) is 9.32. The Morgan fingerprint density at radius 1 is 0.974 bits per heavy atom. The van der Waals surface area contributed by atoms with E-state index in [4.69, 9.17) is 15.2 Å². The van der Waals surface area contributed by atoms with Crippen LogP contribution >= 0.6 is 0 Å². The van der Waals surface area contributed by atoms with E-state index in [0.29, 0.717) is 29.7 Å². The average Bonchev–Trinajstić information content (AvgIpc) is 3.42. The van der Waals surface area contributed by atoms with Crippen LogP contribution in [-0.4, -0.2) is 29.4 Å². The molecule has 2 N–H and O–H groups in total. The third-order valence-electron chi connectivity index (χ3n) is 7.42. The summed E-state index contributed by atoms with van der Waals surface area (Å²) in [6, 6.07) is 12.7. The third-order valence-corrected chi connectivity index (χ3v) is 7.42. The largest absolute Gasteiger partial charge is 0.416 e. The Kier molecular flexibility index (Phi) is 6.04. The normalized spacial score (nSPS) is 16.7. The number of carbonyl (C=O) groups is 1. The van der Waals surface area contributed by atoms with Gasteiger partial charge >= 0.3 is 6.18 Å². The molecule has 200 valence electrons. The highest BCUT2D eigenvalue weighted by molar-refractivity contribution is 5.99. The van der Waals surface area contributed by atoms with Gasteiger partial charge in [-0.25, -0.2) is 9.37 Å². The lowest BCUT2D eigenvalue weighted by atomic mass is 9.93. The van der Waals surface area contributed by atoms with Crippen LogP contribution in [0.5, 0.6) is 0 Å². The average molecular weight is 538 g/mol. The molecule has 1 atom stereocenters. The number of nitrogen functional groups attached to an aromatic ring is 1. The van der Waals surface area contributed by atoms with E-state index < -0.39 is 29.5 Å². The van der Waals surface area contributed by atoms with Gasteiger partial charge in [0.05, 0.1) is 49.1 Å². The van der Waals surface area contributed by atoms with Crippen molar-refractivity contribution in [1.82, 2.24) is 9.88 Å². The number of nitrogens with zero attached hydrogens (tertiary/aromatic N) is 2. The van der Waals surface area contributed by atoms with Crippen molar-refractivity contribution < 1.29 is 31.8 Å². The van der Waals surface area contributed by atoms with Crippen LogP contribution in [0, 0.1) is 5.82 Å². The second-order valence-corrected chi connectivity index (χ2v) is 9.73. The molecule has 6 nitrogen and oxygen atoms in total. The smallest absolute Gasteiger partial charge is 0.383 e. The molecule has 39 heavy (non-hydrogen) atoms. The van der Waals surface area contributed by atoms with Gasteiger partial charge in [0.25, 0.3) is 5.91 Å². The minimum absolute atomic E-state index is 0.0980.